The average molecular weight is 747 g/mol. The Morgan fingerprint density at radius 2 is 1.76 bits per heavy atom. The molecule has 0 aliphatic heterocycles. The number of aromatic nitrogens is 2. The van der Waals surface area contributed by atoms with E-state index in [0.717, 1.165) is 16.3 Å². The van der Waals surface area contributed by atoms with E-state index in [1.807, 2.05) is 17.5 Å². The lowest BCUT2D eigenvalue weighted by Gasteiger charge is -2.20. The topological polar surface area (TPSA) is 251 Å². The second-order valence-electron chi connectivity index (χ2n) is 11.0. The molecular formula is C34H35ClN10O4S2. The van der Waals surface area contributed by atoms with E-state index in [-0.39, 0.29) is 36.1 Å². The lowest BCUT2D eigenvalue weighted by Crippen LogP contribution is -2.50. The number of ether oxygens (including phenoxy) is 1. The van der Waals surface area contributed by atoms with Crippen LogP contribution in [0.5, 0.6) is 5.75 Å². The number of nitrogen functional groups attached to an aromatic ring is 1. The highest BCUT2D eigenvalue weighted by atomic mass is 35.5. The predicted octanol–water partition coefficient (Wildman–Crippen LogP) is 4.12. The molecule has 0 aliphatic rings. The molecule has 2 aromatic carbocycles. The molecule has 2 atom stereocenters. The maximum Gasteiger partial charge on any atom is 0.325 e. The van der Waals surface area contributed by atoms with Crippen LogP contribution in [0, 0.1) is 22.7 Å². The van der Waals surface area contributed by atoms with Gasteiger partial charge in [-0.15, -0.1) is 11.3 Å². The number of benzene rings is 2. The number of nitrogens with two attached hydrogens (primary N) is 3. The normalized spacial score (nSPS) is 11.8. The van der Waals surface area contributed by atoms with Crippen LogP contribution in [-0.2, 0) is 15.3 Å². The molecule has 17 heteroatoms. The van der Waals surface area contributed by atoms with Gasteiger partial charge in [0.25, 0.3) is 0 Å². The minimum Gasteiger partial charge on any atom is -0.492 e. The smallest absolute Gasteiger partial charge is 0.325 e. The number of carboxylic acid groups (broad SMARTS) is 1. The van der Waals surface area contributed by atoms with Crippen LogP contribution in [-0.4, -0.2) is 64.7 Å². The van der Waals surface area contributed by atoms with Gasteiger partial charge in [-0.3, -0.25) is 14.6 Å². The number of thiazole rings is 1. The Morgan fingerprint density at radius 1 is 1.08 bits per heavy atom. The molecule has 51 heavy (non-hydrogen) atoms. The standard InChI is InChI=1S/C34H35ClN10O4S2/c1-19(33(47)48)43-30(46)27(3-2-12-42-34(39)40)41-13-14-49-24-10-6-20(7-11-24)28-25(15-36)29(38)45-32(26(28)16-37)51-18-23-17-50-31(44-23)21-4-8-22(35)9-5-21/h4-11,17,19,27,41H,2-3,12-14,18H2,1H3,(H2,38,45)(H,43,46)(H,47,48)(H4,39,40,42)/t19-,27-/m0/s1. The second-order valence-corrected chi connectivity index (χ2v) is 13.2. The Bertz CT molecular complexity index is 1950. The number of aliphatic imine (C=N–C) groups is 1. The van der Waals surface area contributed by atoms with Crippen molar-refractivity contribution in [3.63, 3.8) is 0 Å². The van der Waals surface area contributed by atoms with Gasteiger partial charge in [0, 0.05) is 40.4 Å². The Labute approximate surface area is 307 Å². The number of guanidine groups is 1. The van der Waals surface area contributed by atoms with Gasteiger partial charge < -0.3 is 37.7 Å². The molecule has 0 fully saturated rings. The van der Waals surface area contributed by atoms with Gasteiger partial charge in [-0.2, -0.15) is 10.5 Å². The number of nitrogens with zero attached hydrogens (tertiary/aromatic N) is 5. The Morgan fingerprint density at radius 3 is 2.41 bits per heavy atom. The summed E-state index contributed by atoms with van der Waals surface area (Å²) < 4.78 is 5.86. The Hall–Kier alpha value is -5.39. The molecule has 0 saturated carbocycles. The number of carboxylic acids is 1. The van der Waals surface area contributed by atoms with E-state index in [1.165, 1.54) is 30.0 Å². The summed E-state index contributed by atoms with van der Waals surface area (Å²) in [5, 5.41) is 38.7. The maximum absolute atomic E-state index is 12.7. The number of hydrogen-bond acceptors (Lipinski definition) is 12. The van der Waals surface area contributed by atoms with Crippen molar-refractivity contribution in [1.29, 1.82) is 10.5 Å². The summed E-state index contributed by atoms with van der Waals surface area (Å²) in [6, 6.07) is 16.8. The van der Waals surface area contributed by atoms with Crippen LogP contribution in [0.1, 0.15) is 36.6 Å². The molecule has 9 N–H and O–H groups in total. The number of carbonyl (C=O) groups is 2. The Balaban J connectivity index is 1.42. The second kappa shape index (κ2) is 18.6. The fourth-order valence-electron chi connectivity index (χ4n) is 4.76. The van der Waals surface area contributed by atoms with Crippen molar-refractivity contribution in [2.45, 2.75) is 42.6 Å². The van der Waals surface area contributed by atoms with Gasteiger partial charge in [0.2, 0.25) is 5.91 Å². The molecule has 264 valence electrons. The zero-order chi connectivity index (χ0) is 36.9. The van der Waals surface area contributed by atoms with Crippen LogP contribution in [0.4, 0.5) is 5.82 Å². The van der Waals surface area contributed by atoms with Crippen molar-refractivity contribution < 1.29 is 19.4 Å². The SMILES string of the molecule is C[C@H](NC(=O)[C@H](CCCN=C(N)N)NCCOc1ccc(-c2c(C#N)c(N)nc(SCc3csc(-c4ccc(Cl)cc4)n3)c2C#N)cc1)C(=O)O. The monoisotopic (exact) mass is 746 g/mol. The number of rotatable bonds is 17. The molecule has 4 rings (SSSR count). The van der Waals surface area contributed by atoms with E-state index in [9.17, 15) is 20.1 Å². The zero-order valence-electron chi connectivity index (χ0n) is 27.4. The first-order valence-electron chi connectivity index (χ1n) is 15.5. The van der Waals surface area contributed by atoms with Crippen LogP contribution in [0.15, 0.2) is 63.9 Å². The molecular weight excluding hydrogens is 712 g/mol. The first-order chi connectivity index (χ1) is 24.5. The zero-order valence-corrected chi connectivity index (χ0v) is 29.8. The third kappa shape index (κ3) is 10.8. The lowest BCUT2D eigenvalue weighted by molar-refractivity contribution is -0.141. The summed E-state index contributed by atoms with van der Waals surface area (Å²) in [6.45, 7) is 2.14. The van der Waals surface area contributed by atoms with E-state index in [4.69, 9.17) is 43.6 Å². The number of carbonyl (C=O) groups excluding carboxylic acids is 1. The van der Waals surface area contributed by atoms with Crippen LogP contribution < -0.4 is 32.6 Å². The number of nitriles is 2. The largest absolute Gasteiger partial charge is 0.492 e. The molecule has 14 nitrogen and oxygen atoms in total. The molecule has 0 unspecified atom stereocenters. The molecule has 2 aromatic heterocycles. The van der Waals surface area contributed by atoms with Gasteiger partial charge in [-0.05, 0) is 49.6 Å². The first kappa shape index (κ1) is 38.4. The van der Waals surface area contributed by atoms with Crippen molar-refractivity contribution >= 4 is 58.4 Å². The van der Waals surface area contributed by atoms with E-state index >= 15 is 0 Å². The van der Waals surface area contributed by atoms with Gasteiger partial charge in [0.05, 0.1) is 17.3 Å². The van der Waals surface area contributed by atoms with E-state index in [1.54, 1.807) is 36.4 Å². The maximum atomic E-state index is 12.7. The summed E-state index contributed by atoms with van der Waals surface area (Å²) >= 11 is 8.81. The van der Waals surface area contributed by atoms with Crippen molar-refractivity contribution in [1.82, 2.24) is 20.6 Å². The minimum absolute atomic E-state index is 0.00942. The number of halogens is 1. The van der Waals surface area contributed by atoms with Gasteiger partial charge in [-0.1, -0.05) is 47.6 Å². The third-order valence-corrected chi connectivity index (χ3v) is 9.51. The fourth-order valence-corrected chi connectivity index (χ4v) is 6.70. The van der Waals surface area contributed by atoms with Crippen LogP contribution in [0.2, 0.25) is 5.02 Å². The number of thioether (sulfide) groups is 1. The third-order valence-electron chi connectivity index (χ3n) is 7.31. The van der Waals surface area contributed by atoms with Gasteiger partial charge in [-0.25, -0.2) is 9.97 Å². The molecule has 0 aliphatic carbocycles. The molecule has 0 spiro atoms. The highest BCUT2D eigenvalue weighted by molar-refractivity contribution is 7.98. The van der Waals surface area contributed by atoms with E-state index in [0.29, 0.717) is 52.1 Å². The van der Waals surface area contributed by atoms with Gasteiger partial charge in [0.15, 0.2) is 5.96 Å². The molecule has 0 bridgehead atoms. The number of amides is 1. The molecule has 0 saturated heterocycles. The average Bonchev–Trinajstić information content (AvgIpc) is 3.59. The van der Waals surface area contributed by atoms with E-state index in [2.05, 4.69) is 32.7 Å². The summed E-state index contributed by atoms with van der Waals surface area (Å²) in [4.78, 5) is 36.9. The lowest BCUT2D eigenvalue weighted by atomic mass is 9.97. The van der Waals surface area contributed by atoms with Crippen molar-refractivity contribution in [2.75, 3.05) is 25.4 Å². The van der Waals surface area contributed by atoms with E-state index < -0.39 is 24.0 Å². The number of hydrogen-bond donors (Lipinski definition) is 6. The van der Waals surface area contributed by atoms with Gasteiger partial charge >= 0.3 is 5.97 Å². The van der Waals surface area contributed by atoms with Crippen LogP contribution >= 0.6 is 34.7 Å². The predicted molar refractivity (Wildman–Crippen MR) is 198 cm³/mol. The quantitative estimate of drug-likeness (QED) is 0.0385. The molecule has 1 amide bonds. The first-order valence-corrected chi connectivity index (χ1v) is 17.8. The highest BCUT2D eigenvalue weighted by Crippen LogP contribution is 2.37. The summed E-state index contributed by atoms with van der Waals surface area (Å²) in [6.07, 6.45) is 0.841. The molecule has 4 aromatic rings. The Kier molecular flexibility index (Phi) is 14.0. The molecule has 0 radical (unpaired) electrons. The number of aliphatic carboxylic acids is 1. The number of pyridine rings is 1. The number of nitrogens with one attached hydrogen (secondary N) is 2. The van der Waals surface area contributed by atoms with Gasteiger partial charge in [0.1, 0.15) is 52.0 Å². The van der Waals surface area contributed by atoms with Crippen molar-refractivity contribution in [3.8, 4) is 39.6 Å². The number of anilines is 1. The summed E-state index contributed by atoms with van der Waals surface area (Å²) in [5.41, 5.74) is 20.0. The summed E-state index contributed by atoms with van der Waals surface area (Å²) in [7, 11) is 0. The fraction of sp³-hybridized carbons (Fsp3) is 0.265. The highest BCUT2D eigenvalue weighted by Gasteiger charge is 2.23. The van der Waals surface area contributed by atoms with Crippen LogP contribution in [0.3, 0.4) is 0 Å². The summed E-state index contributed by atoms with van der Waals surface area (Å²) in [5.74, 6) is -0.739. The van der Waals surface area contributed by atoms with Crippen molar-refractivity contribution in [3.05, 3.63) is 75.8 Å². The minimum atomic E-state index is -1.15. The van der Waals surface area contributed by atoms with Crippen molar-refractivity contribution in [2.24, 2.45) is 16.5 Å². The van der Waals surface area contributed by atoms with Crippen LogP contribution in [0.25, 0.3) is 21.7 Å². The molecule has 2 heterocycles.